The van der Waals surface area contributed by atoms with Crippen LogP contribution in [0.2, 0.25) is 0 Å². The standard InChI is InChI=1S/C32H41FN4O3.C32H42N4O3.C24H37N3O.C23H36N4O/c1-22(2)24-8-11-26(12-9-24)36-16-14-27(15-17-36)37-30-13-10-25(33)18-28(30)29(19-35-39)31(37)20-34-32(38)40-21-23-6-4-3-5-7-23;1-23(2)25-12-14-26(15-13-25)35-18-16-27(17-19-35)36-30-11-7-6-10-28(30)29(20-34-38)31(36)21-33-32(37)39-22-24-8-4-3-5-9-24;1-17(2)18-7-9-19(10-8-18)26-13-11-20(12-14-26)27-23-6-4-3-5-21(23)22(16-28)24(27)15-25;1-16(2)17-3-5-18(6-4-17)26-11-8-19(9-12-26)27-22(13-24)21(15-28)20-7-10-25-14-23(20)27/h3-7,10,13,18-19,22,24,26-27,39H,8-9,11-12,14-17,20-21H2,1-2H3,(H,34,38);3-11,20,23,25-27,38H,12-19,21-22H2,1-2H3,(H,33,37);3-6,17-20,28H,7-16,25H2,1-2H3;7,10,14,16-19,28H,3-6,8-9,11-13,15,24H2,1-2H3/b35-19+;34-20+;;. The topological polar surface area (TPSA) is 280 Å². The van der Waals surface area contributed by atoms with E-state index in [-0.39, 0.29) is 44.8 Å². The number of hydrogen-bond acceptors (Lipinski definition) is 17. The summed E-state index contributed by atoms with van der Waals surface area (Å²) in [7, 11) is 0. The second-order valence-corrected chi connectivity index (χ2v) is 41.5. The van der Waals surface area contributed by atoms with E-state index in [2.05, 4.69) is 156 Å². The van der Waals surface area contributed by atoms with Gasteiger partial charge in [0.05, 0.1) is 50.4 Å². The van der Waals surface area contributed by atoms with Crippen LogP contribution < -0.4 is 22.1 Å². The van der Waals surface area contributed by atoms with Crippen molar-refractivity contribution in [2.45, 2.75) is 310 Å². The van der Waals surface area contributed by atoms with Gasteiger partial charge >= 0.3 is 12.2 Å². The normalized spacial score (nSPS) is 22.7. The van der Waals surface area contributed by atoms with Crippen molar-refractivity contribution in [1.29, 1.82) is 0 Å². The molecule has 10 aromatic rings. The maximum absolute atomic E-state index is 14.3. The van der Waals surface area contributed by atoms with Gasteiger partial charge in [0, 0.05) is 203 Å². The van der Waals surface area contributed by atoms with Gasteiger partial charge in [0.1, 0.15) is 19.0 Å². The summed E-state index contributed by atoms with van der Waals surface area (Å²) in [6, 6.07) is 47.0. The van der Waals surface area contributed by atoms with Crippen molar-refractivity contribution >= 4 is 68.2 Å². The first kappa shape index (κ1) is 100.0. The average Bonchev–Trinajstić information content (AvgIpc) is 1.58. The highest BCUT2D eigenvalue weighted by molar-refractivity contribution is 6.02. The van der Waals surface area contributed by atoms with Gasteiger partial charge in [-0.1, -0.05) is 163 Å². The number of nitrogens with zero attached hydrogens (tertiary/aromatic N) is 11. The molecule has 5 aromatic heterocycles. The number of carbonyl (C=O) groups excluding carboxylic acids is 2. The van der Waals surface area contributed by atoms with E-state index < -0.39 is 12.2 Å². The summed E-state index contributed by atoms with van der Waals surface area (Å²) in [6.07, 6.45) is 35.9. The van der Waals surface area contributed by atoms with Crippen molar-refractivity contribution < 1.29 is 44.1 Å². The predicted molar refractivity (Wildman–Crippen MR) is 541 cm³/mol. The smallest absolute Gasteiger partial charge is 0.407 e. The van der Waals surface area contributed by atoms with Crippen LogP contribution in [0.4, 0.5) is 14.0 Å². The molecule has 4 aliphatic heterocycles. The Morgan fingerprint density at radius 3 is 1.05 bits per heavy atom. The summed E-state index contributed by atoms with van der Waals surface area (Å²) in [5.41, 5.74) is 25.8. The quantitative estimate of drug-likeness (QED) is 0.0142. The predicted octanol–water partition coefficient (Wildman–Crippen LogP) is 21.9. The van der Waals surface area contributed by atoms with Crippen molar-refractivity contribution in [3.8, 4) is 0 Å². The van der Waals surface area contributed by atoms with E-state index in [0.29, 0.717) is 60.8 Å². The number of aliphatic hydroxyl groups excluding tert-OH is 2. The zero-order chi connectivity index (χ0) is 94.6. The molecule has 10 N–H and O–H groups in total. The summed E-state index contributed by atoms with van der Waals surface area (Å²) in [4.78, 5) is 40.4. The molecular weight excluding hydrogens is 1690 g/mol. The van der Waals surface area contributed by atoms with E-state index in [1.54, 1.807) is 6.07 Å². The molecule has 0 radical (unpaired) electrons. The van der Waals surface area contributed by atoms with E-state index >= 15 is 0 Å². The number of halogens is 1. The number of nitrogens with one attached hydrogen (secondary N) is 2. The minimum Gasteiger partial charge on any atom is -0.445 e. The third-order valence-electron chi connectivity index (χ3n) is 32.9. The molecule has 8 fully saturated rings. The van der Waals surface area contributed by atoms with Gasteiger partial charge in [-0.15, -0.1) is 0 Å². The van der Waals surface area contributed by atoms with Crippen LogP contribution in [0, 0.1) is 53.2 Å². The average molecular weight is 1850 g/mol. The lowest BCUT2D eigenvalue weighted by molar-refractivity contribution is 0.0888. The van der Waals surface area contributed by atoms with Gasteiger partial charge in [-0.2, -0.15) is 0 Å². The van der Waals surface area contributed by atoms with Crippen LogP contribution in [0.15, 0.2) is 156 Å². The fourth-order valence-electron chi connectivity index (χ4n) is 25.0. The van der Waals surface area contributed by atoms with Gasteiger partial charge < -0.3 is 90.1 Å². The SMILES string of the molecule is CC(C)C1CCC(N2CCC(n3c(CN)c(CO)c4ccccc43)CC2)CC1.CC(C)C1CCC(N2CCC(n3c(CN)c(CO)c4ccncc43)CC2)CC1.CC(C)C1CCC(N2CCC(n3c(CNC(=O)OCc4ccccc4)c(/C=N/O)c4cc(F)ccc43)CC2)CC1.CC(C)C1CCC(N2CCC(n3c(CNC(=O)OCc4ccccc4)c(/C=N/O)c4ccccc43)CC2)CC1. The summed E-state index contributed by atoms with van der Waals surface area (Å²) in [6.45, 7) is 29.8. The van der Waals surface area contributed by atoms with E-state index in [0.717, 1.165) is 202 Å². The van der Waals surface area contributed by atoms with Crippen molar-refractivity contribution in [2.24, 2.45) is 69.1 Å². The first-order valence-corrected chi connectivity index (χ1v) is 51.6. The van der Waals surface area contributed by atoms with E-state index in [4.69, 9.17) is 20.9 Å². The summed E-state index contributed by atoms with van der Waals surface area (Å²) >= 11 is 0. The molecule has 4 saturated carbocycles. The number of pyridine rings is 1. The number of amides is 2. The lowest BCUT2D eigenvalue weighted by Crippen LogP contribution is -2.44. The number of oxime groups is 2. The van der Waals surface area contributed by atoms with Gasteiger partial charge in [0.2, 0.25) is 0 Å². The molecule has 4 saturated heterocycles. The van der Waals surface area contributed by atoms with Crippen molar-refractivity contribution in [3.05, 3.63) is 208 Å². The number of rotatable bonds is 26. The number of nitrogens with two attached hydrogens (primary N) is 2. The lowest BCUT2D eigenvalue weighted by Gasteiger charge is -2.42. The fourth-order valence-corrected chi connectivity index (χ4v) is 25.0. The number of fused-ring (bicyclic) bond motifs is 4. The molecule has 2 amide bonds. The van der Waals surface area contributed by atoms with Crippen LogP contribution in [0.5, 0.6) is 0 Å². The second kappa shape index (κ2) is 48.2. The zero-order valence-electron chi connectivity index (χ0n) is 81.9. The lowest BCUT2D eigenvalue weighted by atomic mass is 9.79. The van der Waals surface area contributed by atoms with E-state index in [1.165, 1.54) is 177 Å². The molecule has 0 unspecified atom stereocenters. The summed E-state index contributed by atoms with van der Waals surface area (Å²) < 4.78 is 34.7. The molecule has 9 heterocycles. The molecule has 5 aromatic carbocycles. The molecule has 0 spiro atoms. The van der Waals surface area contributed by atoms with Crippen LogP contribution in [0.25, 0.3) is 43.6 Å². The van der Waals surface area contributed by atoms with Gasteiger partial charge in [0.25, 0.3) is 0 Å². The third-order valence-corrected chi connectivity index (χ3v) is 32.9. The van der Waals surface area contributed by atoms with Crippen molar-refractivity contribution in [2.75, 3.05) is 52.4 Å². The Labute approximate surface area is 801 Å². The molecule has 8 aliphatic rings. The summed E-state index contributed by atoms with van der Waals surface area (Å²) in [5, 5.41) is 55.3. The molecule has 730 valence electrons. The van der Waals surface area contributed by atoms with Crippen LogP contribution in [-0.2, 0) is 62.1 Å². The fraction of sp³-hybridized carbons (Fsp3) is 0.577. The van der Waals surface area contributed by atoms with Crippen LogP contribution in [0.3, 0.4) is 0 Å². The molecule has 23 nitrogen and oxygen atoms in total. The molecule has 135 heavy (non-hydrogen) atoms. The van der Waals surface area contributed by atoms with Crippen molar-refractivity contribution in [3.63, 3.8) is 0 Å². The molecule has 18 rings (SSSR count). The maximum atomic E-state index is 14.3. The number of aliphatic hydroxyl groups is 2. The van der Waals surface area contributed by atoms with Crippen LogP contribution >= 0.6 is 0 Å². The van der Waals surface area contributed by atoms with Gasteiger partial charge in [-0.25, -0.2) is 14.0 Å². The first-order chi connectivity index (χ1) is 65.8. The van der Waals surface area contributed by atoms with Gasteiger partial charge in [-0.3, -0.25) is 4.98 Å². The second-order valence-electron chi connectivity index (χ2n) is 41.5. The first-order valence-electron chi connectivity index (χ1n) is 51.6. The Hall–Kier alpha value is -9.50. The van der Waals surface area contributed by atoms with Crippen molar-refractivity contribution in [1.82, 2.24) is 53.5 Å². The molecular formula is C111H156FN15O8. The number of likely N-dealkylation sites (tertiary alicyclic amines) is 4. The number of alkyl carbamates (subject to hydrolysis) is 2. The minimum atomic E-state index is -0.537. The molecule has 4 aliphatic carbocycles. The Balaban J connectivity index is 0.000000139. The Morgan fingerprint density at radius 1 is 0.393 bits per heavy atom. The Morgan fingerprint density at radius 2 is 0.704 bits per heavy atom. The molecule has 0 bridgehead atoms. The highest BCUT2D eigenvalue weighted by Gasteiger charge is 2.39. The zero-order valence-corrected chi connectivity index (χ0v) is 81.9. The maximum Gasteiger partial charge on any atom is 0.407 e. The van der Waals surface area contributed by atoms with Crippen LogP contribution in [0.1, 0.15) is 290 Å². The largest absolute Gasteiger partial charge is 0.445 e. The number of ether oxygens (including phenoxy) is 2. The number of hydrogen-bond donors (Lipinski definition) is 8. The number of carbonyl (C=O) groups is 2. The molecule has 0 atom stereocenters. The Kier molecular flexibility index (Phi) is 35.7. The van der Waals surface area contributed by atoms with Crippen LogP contribution in [-0.4, -0.2) is 165 Å². The minimum absolute atomic E-state index is 0.0397. The van der Waals surface area contributed by atoms with E-state index in [9.17, 15) is 34.6 Å². The van der Waals surface area contributed by atoms with Gasteiger partial charge in [-0.05, 0) is 249 Å². The highest BCUT2D eigenvalue weighted by Crippen LogP contribution is 2.45. The Bertz CT molecular complexity index is 5310. The third kappa shape index (κ3) is 24.1. The number of benzene rings is 5. The number of para-hydroxylation sites is 2. The summed E-state index contributed by atoms with van der Waals surface area (Å²) in [5.74, 6) is 6.46. The highest BCUT2D eigenvalue weighted by atomic mass is 19.1. The number of aromatic nitrogens is 5. The monoisotopic (exact) mass is 1850 g/mol. The van der Waals surface area contributed by atoms with Gasteiger partial charge in [0.15, 0.2) is 0 Å². The van der Waals surface area contributed by atoms with E-state index in [1.807, 2.05) is 91.3 Å². The number of piperidine rings is 4. The molecule has 24 heteroatoms.